The summed E-state index contributed by atoms with van der Waals surface area (Å²) in [5, 5.41) is 20.0. The number of nitrogens with zero attached hydrogens (tertiary/aromatic N) is 2. The molecule has 0 aromatic heterocycles. The van der Waals surface area contributed by atoms with Gasteiger partial charge in [-0.15, -0.1) is 0 Å². The number of amidine groups is 1. The van der Waals surface area contributed by atoms with Crippen LogP contribution in [-0.4, -0.2) is 18.7 Å². The molecule has 0 atom stereocenters. The third-order valence-electron chi connectivity index (χ3n) is 1.89. The highest BCUT2D eigenvalue weighted by Gasteiger charge is 2.08. The number of anilines is 1. The van der Waals surface area contributed by atoms with Gasteiger partial charge in [0.05, 0.1) is 22.8 Å². The predicted octanol–water partition coefficient (Wildman–Crippen LogP) is 2.23. The van der Waals surface area contributed by atoms with Gasteiger partial charge in [-0.1, -0.05) is 23.2 Å². The average Bonchev–Trinajstić information content (AvgIpc) is 2.33. The van der Waals surface area contributed by atoms with Crippen molar-refractivity contribution in [2.24, 2.45) is 10.8 Å². The number of halogens is 2. The Morgan fingerprint density at radius 1 is 1.50 bits per heavy atom. The predicted molar refractivity (Wildman–Crippen MR) is 71.6 cm³/mol. The molecule has 0 heterocycles. The molecule has 1 rings (SSSR count). The standard InChI is InChI=1S/C10H9Cl2N5O/c1-18-9-3-5(11)7(2-6(9)12)16-17-8(4-13)10(14)15/h2-3,16H,1H3,(H3,14,15)/b17-8+. The van der Waals surface area contributed by atoms with Gasteiger partial charge in [0.25, 0.3) is 0 Å². The van der Waals surface area contributed by atoms with E-state index in [0.717, 1.165) is 0 Å². The molecule has 0 radical (unpaired) electrons. The second kappa shape index (κ2) is 6.10. The highest BCUT2D eigenvalue weighted by Crippen LogP contribution is 2.33. The molecule has 4 N–H and O–H groups in total. The highest BCUT2D eigenvalue weighted by molar-refractivity contribution is 6.46. The second-order valence-corrected chi connectivity index (χ2v) is 3.88. The monoisotopic (exact) mass is 285 g/mol. The maximum absolute atomic E-state index is 8.66. The summed E-state index contributed by atoms with van der Waals surface area (Å²) in [4.78, 5) is 0. The normalized spacial score (nSPS) is 10.7. The molecule has 6 nitrogen and oxygen atoms in total. The molecule has 0 unspecified atom stereocenters. The summed E-state index contributed by atoms with van der Waals surface area (Å²) in [7, 11) is 1.46. The fourth-order valence-electron chi connectivity index (χ4n) is 1.03. The van der Waals surface area contributed by atoms with E-state index >= 15 is 0 Å². The summed E-state index contributed by atoms with van der Waals surface area (Å²) in [6.07, 6.45) is 0. The minimum absolute atomic E-state index is 0.252. The molecular formula is C10H9Cl2N5O. The van der Waals surface area contributed by atoms with Crippen molar-refractivity contribution in [3.05, 3.63) is 22.2 Å². The largest absolute Gasteiger partial charge is 0.495 e. The molecular weight excluding hydrogens is 277 g/mol. The van der Waals surface area contributed by atoms with Crippen LogP contribution in [0.2, 0.25) is 10.0 Å². The van der Waals surface area contributed by atoms with E-state index in [4.69, 9.17) is 44.3 Å². The van der Waals surface area contributed by atoms with E-state index in [-0.39, 0.29) is 5.71 Å². The van der Waals surface area contributed by atoms with Crippen LogP contribution < -0.4 is 15.9 Å². The van der Waals surface area contributed by atoms with Crippen LogP contribution in [-0.2, 0) is 0 Å². The number of nitrogens with one attached hydrogen (secondary N) is 2. The minimum Gasteiger partial charge on any atom is -0.495 e. The second-order valence-electron chi connectivity index (χ2n) is 3.06. The topological polar surface area (TPSA) is 107 Å². The lowest BCUT2D eigenvalue weighted by Gasteiger charge is -2.08. The fraction of sp³-hybridized carbons (Fsp3) is 0.100. The maximum Gasteiger partial charge on any atom is 0.201 e. The summed E-state index contributed by atoms with van der Waals surface area (Å²) in [6.45, 7) is 0. The van der Waals surface area contributed by atoms with Crippen LogP contribution in [0.5, 0.6) is 5.75 Å². The number of benzene rings is 1. The van der Waals surface area contributed by atoms with Gasteiger partial charge in [-0.3, -0.25) is 10.8 Å². The maximum atomic E-state index is 8.66. The first-order valence-corrected chi connectivity index (χ1v) is 5.36. The van der Waals surface area contributed by atoms with Gasteiger partial charge in [-0.05, 0) is 6.07 Å². The molecule has 0 aliphatic carbocycles. The van der Waals surface area contributed by atoms with Crippen molar-refractivity contribution < 1.29 is 4.74 Å². The van der Waals surface area contributed by atoms with Crippen molar-refractivity contribution in [2.75, 3.05) is 12.5 Å². The molecule has 0 fully saturated rings. The summed E-state index contributed by atoms with van der Waals surface area (Å²) >= 11 is 11.9. The van der Waals surface area contributed by atoms with Crippen molar-refractivity contribution >= 4 is 40.4 Å². The van der Waals surface area contributed by atoms with Crippen molar-refractivity contribution in [3.8, 4) is 11.8 Å². The molecule has 8 heteroatoms. The Morgan fingerprint density at radius 3 is 2.67 bits per heavy atom. The zero-order chi connectivity index (χ0) is 13.7. The number of hydrogen-bond acceptors (Lipinski definition) is 5. The lowest BCUT2D eigenvalue weighted by Crippen LogP contribution is -2.21. The molecule has 0 saturated carbocycles. The van der Waals surface area contributed by atoms with Gasteiger partial charge in [-0.25, -0.2) is 0 Å². The van der Waals surface area contributed by atoms with Gasteiger partial charge in [-0.2, -0.15) is 10.4 Å². The first-order valence-electron chi connectivity index (χ1n) is 4.60. The van der Waals surface area contributed by atoms with Crippen molar-refractivity contribution in [1.82, 2.24) is 0 Å². The van der Waals surface area contributed by atoms with E-state index in [9.17, 15) is 0 Å². The van der Waals surface area contributed by atoms with E-state index < -0.39 is 5.84 Å². The Hall–Kier alpha value is -1.97. The van der Waals surface area contributed by atoms with Crippen LogP contribution in [0.15, 0.2) is 17.2 Å². The van der Waals surface area contributed by atoms with E-state index in [1.54, 1.807) is 6.07 Å². The average molecular weight is 286 g/mol. The highest BCUT2D eigenvalue weighted by atomic mass is 35.5. The molecule has 1 aromatic rings. The Morgan fingerprint density at radius 2 is 2.17 bits per heavy atom. The molecule has 1 aromatic carbocycles. The van der Waals surface area contributed by atoms with E-state index in [1.807, 2.05) is 0 Å². The van der Waals surface area contributed by atoms with Gasteiger partial charge in [0.2, 0.25) is 5.71 Å². The van der Waals surface area contributed by atoms with Crippen LogP contribution in [0.1, 0.15) is 0 Å². The number of nitrogens with two attached hydrogens (primary N) is 1. The lowest BCUT2D eigenvalue weighted by atomic mass is 10.3. The smallest absolute Gasteiger partial charge is 0.201 e. The number of ether oxygens (including phenoxy) is 1. The Labute approximate surface area is 113 Å². The van der Waals surface area contributed by atoms with Crippen LogP contribution in [0.4, 0.5) is 5.69 Å². The van der Waals surface area contributed by atoms with Gasteiger partial charge >= 0.3 is 0 Å². The molecule has 0 amide bonds. The Balaban J connectivity index is 3.03. The summed E-state index contributed by atoms with van der Waals surface area (Å²) in [5.74, 6) is -0.0241. The van der Waals surface area contributed by atoms with E-state index in [1.165, 1.54) is 19.2 Å². The summed E-state index contributed by atoms with van der Waals surface area (Å²) < 4.78 is 4.98. The van der Waals surface area contributed by atoms with Gasteiger partial charge in [0, 0.05) is 6.07 Å². The Bertz CT molecular complexity index is 550. The van der Waals surface area contributed by atoms with Gasteiger partial charge < -0.3 is 10.5 Å². The van der Waals surface area contributed by atoms with E-state index in [2.05, 4.69) is 10.5 Å². The third-order valence-corrected chi connectivity index (χ3v) is 2.50. The van der Waals surface area contributed by atoms with E-state index in [0.29, 0.717) is 21.5 Å². The first kappa shape index (κ1) is 14.1. The molecule has 0 spiro atoms. The number of nitriles is 1. The molecule has 0 aliphatic rings. The molecule has 0 bridgehead atoms. The number of hydrogen-bond donors (Lipinski definition) is 3. The van der Waals surface area contributed by atoms with Crippen molar-refractivity contribution in [2.45, 2.75) is 0 Å². The number of hydrazone groups is 1. The molecule has 0 saturated heterocycles. The molecule has 0 aliphatic heterocycles. The SMILES string of the molecule is COc1cc(Cl)c(N/N=C(\C#N)C(=N)N)cc1Cl. The van der Waals surface area contributed by atoms with Crippen LogP contribution in [0.3, 0.4) is 0 Å². The van der Waals surface area contributed by atoms with Crippen molar-refractivity contribution in [1.29, 1.82) is 10.7 Å². The van der Waals surface area contributed by atoms with Crippen LogP contribution in [0.25, 0.3) is 0 Å². The van der Waals surface area contributed by atoms with Crippen molar-refractivity contribution in [3.63, 3.8) is 0 Å². The van der Waals surface area contributed by atoms with Crippen LogP contribution >= 0.6 is 23.2 Å². The zero-order valence-electron chi connectivity index (χ0n) is 9.29. The fourth-order valence-corrected chi connectivity index (χ4v) is 1.47. The summed E-state index contributed by atoms with van der Waals surface area (Å²) in [6, 6.07) is 4.65. The quantitative estimate of drug-likeness (QED) is 0.448. The summed E-state index contributed by atoms with van der Waals surface area (Å²) in [5.41, 5.74) is 7.77. The first-order chi connectivity index (χ1) is 8.49. The lowest BCUT2D eigenvalue weighted by molar-refractivity contribution is 0.415. The zero-order valence-corrected chi connectivity index (χ0v) is 10.8. The Kier molecular flexibility index (Phi) is 4.77. The molecule has 18 heavy (non-hydrogen) atoms. The number of methoxy groups -OCH3 is 1. The van der Waals surface area contributed by atoms with Crippen LogP contribution in [0, 0.1) is 16.7 Å². The van der Waals surface area contributed by atoms with Gasteiger partial charge in [0.1, 0.15) is 11.8 Å². The molecule has 94 valence electrons. The number of rotatable bonds is 4. The minimum atomic E-state index is -0.444. The van der Waals surface area contributed by atoms with Gasteiger partial charge in [0.15, 0.2) is 5.84 Å². The third kappa shape index (κ3) is 3.26.